The molecule has 1 aliphatic carbocycles. The molecule has 11 heavy (non-hydrogen) atoms. The summed E-state index contributed by atoms with van der Waals surface area (Å²) in [6, 6.07) is 0. The molecule has 64 valence electrons. The van der Waals surface area contributed by atoms with Gasteiger partial charge >= 0.3 is 0 Å². The van der Waals surface area contributed by atoms with Gasteiger partial charge in [-0.05, 0) is 25.0 Å². The van der Waals surface area contributed by atoms with Crippen molar-refractivity contribution in [2.45, 2.75) is 26.7 Å². The van der Waals surface area contributed by atoms with Gasteiger partial charge in [-0.25, -0.2) is 0 Å². The van der Waals surface area contributed by atoms with Crippen molar-refractivity contribution in [3.63, 3.8) is 0 Å². The van der Waals surface area contributed by atoms with Crippen LogP contribution in [0.2, 0.25) is 0 Å². The van der Waals surface area contributed by atoms with E-state index in [1.165, 1.54) is 5.70 Å². The van der Waals surface area contributed by atoms with Gasteiger partial charge in [0.1, 0.15) is 0 Å². The largest absolute Gasteiger partial charge is 0.402 e. The monoisotopic (exact) mass is 154 g/mol. The minimum atomic E-state index is 0.981. The predicted molar refractivity (Wildman–Crippen MR) is 50.0 cm³/mol. The summed E-state index contributed by atoms with van der Waals surface area (Å²) in [5.74, 6) is 0. The number of nitrogens with two attached hydrogens (primary N) is 1. The lowest BCUT2D eigenvalue weighted by atomic mass is 10.1. The maximum Gasteiger partial charge on any atom is 0.0108 e. The van der Waals surface area contributed by atoms with Gasteiger partial charge in [0, 0.05) is 18.4 Å². The highest BCUT2D eigenvalue weighted by molar-refractivity contribution is 5.20. The Balaban J connectivity index is 0.000000461. The Morgan fingerprint density at radius 1 is 1.27 bits per heavy atom. The van der Waals surface area contributed by atoms with Crippen LogP contribution in [0.25, 0.3) is 0 Å². The fraction of sp³-hybridized carbons (Fsp3) is 0.556. The van der Waals surface area contributed by atoms with Gasteiger partial charge in [0.15, 0.2) is 0 Å². The lowest BCUT2D eigenvalue weighted by molar-refractivity contribution is 0.808. The molecule has 0 atom stereocenters. The van der Waals surface area contributed by atoms with Crippen LogP contribution in [-0.4, -0.2) is 7.05 Å². The van der Waals surface area contributed by atoms with Gasteiger partial charge in [-0.2, -0.15) is 0 Å². The van der Waals surface area contributed by atoms with E-state index in [-0.39, 0.29) is 0 Å². The zero-order valence-corrected chi connectivity index (χ0v) is 7.65. The smallest absolute Gasteiger partial charge is 0.0108 e. The van der Waals surface area contributed by atoms with E-state index in [1.54, 1.807) is 0 Å². The Labute approximate surface area is 69.2 Å². The van der Waals surface area contributed by atoms with Crippen LogP contribution in [0.15, 0.2) is 23.5 Å². The van der Waals surface area contributed by atoms with E-state index >= 15 is 0 Å². The summed E-state index contributed by atoms with van der Waals surface area (Å²) in [5.41, 5.74) is 7.79. The summed E-state index contributed by atoms with van der Waals surface area (Å²) in [6.07, 6.45) is 6.03. The summed E-state index contributed by atoms with van der Waals surface area (Å²) in [5, 5.41) is 3.09. The number of hydrogen-bond acceptors (Lipinski definition) is 2. The maximum absolute atomic E-state index is 5.54. The van der Waals surface area contributed by atoms with E-state index in [1.807, 2.05) is 33.0 Å². The van der Waals surface area contributed by atoms with Crippen LogP contribution in [-0.2, 0) is 0 Å². The third-order valence-corrected chi connectivity index (χ3v) is 1.50. The Kier molecular flexibility index (Phi) is 5.35. The van der Waals surface area contributed by atoms with E-state index in [0.29, 0.717) is 0 Å². The van der Waals surface area contributed by atoms with E-state index in [9.17, 15) is 0 Å². The van der Waals surface area contributed by atoms with Gasteiger partial charge in [-0.15, -0.1) is 0 Å². The van der Waals surface area contributed by atoms with Crippen molar-refractivity contribution in [2.24, 2.45) is 5.73 Å². The SMILES string of the molecule is CC.CNC1=CC=C(N)CC1. The highest BCUT2D eigenvalue weighted by atomic mass is 14.8. The third-order valence-electron chi connectivity index (χ3n) is 1.50. The van der Waals surface area contributed by atoms with Crippen LogP contribution >= 0.6 is 0 Å². The van der Waals surface area contributed by atoms with Crippen LogP contribution in [0.5, 0.6) is 0 Å². The summed E-state index contributed by atoms with van der Waals surface area (Å²) in [7, 11) is 1.93. The first-order chi connectivity index (χ1) is 5.33. The minimum absolute atomic E-state index is 0.981. The van der Waals surface area contributed by atoms with E-state index in [4.69, 9.17) is 5.73 Å². The van der Waals surface area contributed by atoms with E-state index in [2.05, 4.69) is 5.32 Å². The predicted octanol–water partition coefficient (Wildman–Crippen LogP) is 1.75. The van der Waals surface area contributed by atoms with Crippen molar-refractivity contribution < 1.29 is 0 Å². The lowest BCUT2D eigenvalue weighted by Gasteiger charge is -2.10. The Morgan fingerprint density at radius 3 is 2.27 bits per heavy atom. The van der Waals surface area contributed by atoms with Gasteiger partial charge in [0.05, 0.1) is 0 Å². The number of allylic oxidation sites excluding steroid dienone is 4. The average molecular weight is 154 g/mol. The van der Waals surface area contributed by atoms with E-state index in [0.717, 1.165) is 18.5 Å². The van der Waals surface area contributed by atoms with E-state index < -0.39 is 0 Å². The molecule has 0 bridgehead atoms. The second-order valence-corrected chi connectivity index (χ2v) is 2.18. The van der Waals surface area contributed by atoms with Gasteiger partial charge < -0.3 is 11.1 Å². The second kappa shape index (κ2) is 5.83. The highest BCUT2D eigenvalue weighted by Crippen LogP contribution is 2.11. The lowest BCUT2D eigenvalue weighted by Crippen LogP contribution is -2.10. The summed E-state index contributed by atoms with van der Waals surface area (Å²) in [6.45, 7) is 4.00. The van der Waals surface area contributed by atoms with Gasteiger partial charge in [-0.3, -0.25) is 0 Å². The normalized spacial score (nSPS) is 15.5. The number of hydrogen-bond donors (Lipinski definition) is 2. The average Bonchev–Trinajstić information content (AvgIpc) is 2.10. The van der Waals surface area contributed by atoms with Crippen molar-refractivity contribution in [3.8, 4) is 0 Å². The number of nitrogens with one attached hydrogen (secondary N) is 1. The molecule has 0 aromatic carbocycles. The van der Waals surface area contributed by atoms with Crippen LogP contribution in [0.1, 0.15) is 26.7 Å². The molecule has 0 radical (unpaired) electrons. The first-order valence-electron chi connectivity index (χ1n) is 4.16. The molecule has 1 aliphatic rings. The standard InChI is InChI=1S/C7H12N2.C2H6/c1-9-7-4-2-6(8)3-5-7;1-2/h2,4,9H,3,5,8H2,1H3;1-2H3. The molecule has 2 heteroatoms. The zero-order chi connectivity index (χ0) is 8.69. The van der Waals surface area contributed by atoms with Crippen molar-refractivity contribution >= 4 is 0 Å². The number of rotatable bonds is 1. The summed E-state index contributed by atoms with van der Waals surface area (Å²) >= 11 is 0. The molecule has 2 nitrogen and oxygen atoms in total. The first-order valence-corrected chi connectivity index (χ1v) is 4.16. The first kappa shape index (κ1) is 10.1. The summed E-state index contributed by atoms with van der Waals surface area (Å²) < 4.78 is 0. The van der Waals surface area contributed by atoms with Crippen LogP contribution in [0, 0.1) is 0 Å². The minimum Gasteiger partial charge on any atom is -0.402 e. The zero-order valence-electron chi connectivity index (χ0n) is 7.65. The molecule has 0 fully saturated rings. The highest BCUT2D eigenvalue weighted by Gasteiger charge is 1.99. The molecule has 0 aromatic heterocycles. The molecule has 0 saturated heterocycles. The quantitative estimate of drug-likeness (QED) is 0.604. The fourth-order valence-corrected chi connectivity index (χ4v) is 0.862. The Morgan fingerprint density at radius 2 is 1.91 bits per heavy atom. The Bertz CT molecular complexity index is 157. The molecule has 1 rings (SSSR count). The van der Waals surface area contributed by atoms with Crippen LogP contribution in [0.3, 0.4) is 0 Å². The summed E-state index contributed by atoms with van der Waals surface area (Å²) in [4.78, 5) is 0. The fourth-order valence-electron chi connectivity index (χ4n) is 0.862. The molecule has 0 spiro atoms. The Hall–Kier alpha value is -0.920. The van der Waals surface area contributed by atoms with Gasteiger partial charge in [0.25, 0.3) is 0 Å². The topological polar surface area (TPSA) is 38.0 Å². The molecular weight excluding hydrogens is 136 g/mol. The maximum atomic E-state index is 5.54. The molecule has 0 amide bonds. The second-order valence-electron chi connectivity index (χ2n) is 2.18. The van der Waals surface area contributed by atoms with Crippen LogP contribution in [0.4, 0.5) is 0 Å². The molecule has 0 aromatic rings. The molecule has 3 N–H and O–H groups in total. The van der Waals surface area contributed by atoms with Gasteiger partial charge in [0.2, 0.25) is 0 Å². The van der Waals surface area contributed by atoms with Gasteiger partial charge in [-0.1, -0.05) is 13.8 Å². The molecular formula is C9H18N2. The molecule has 0 aliphatic heterocycles. The third kappa shape index (κ3) is 3.71. The molecule has 0 saturated carbocycles. The van der Waals surface area contributed by atoms with Crippen molar-refractivity contribution in [3.05, 3.63) is 23.5 Å². The van der Waals surface area contributed by atoms with Crippen molar-refractivity contribution in [1.82, 2.24) is 5.32 Å². The van der Waals surface area contributed by atoms with Crippen molar-refractivity contribution in [2.75, 3.05) is 7.05 Å². The van der Waals surface area contributed by atoms with Crippen LogP contribution < -0.4 is 11.1 Å². The molecule has 0 heterocycles. The molecule has 0 unspecified atom stereocenters. The van der Waals surface area contributed by atoms with Crippen molar-refractivity contribution in [1.29, 1.82) is 0 Å².